The van der Waals surface area contributed by atoms with Gasteiger partial charge in [0.25, 0.3) is 5.91 Å². The molecule has 1 N–H and O–H groups in total. The van der Waals surface area contributed by atoms with E-state index < -0.39 is 0 Å². The van der Waals surface area contributed by atoms with Gasteiger partial charge in [-0.05, 0) is 19.1 Å². The molecule has 2 saturated heterocycles. The minimum Gasteiger partial charge on any atom is -0.387 e. The van der Waals surface area contributed by atoms with Gasteiger partial charge in [0.1, 0.15) is 5.71 Å². The summed E-state index contributed by atoms with van der Waals surface area (Å²) in [6.07, 6.45) is 1.46. The number of oxime groups is 1. The fourth-order valence-electron chi connectivity index (χ4n) is 4.10. The van der Waals surface area contributed by atoms with Crippen LogP contribution >= 0.6 is 0 Å². The molecule has 3 aliphatic heterocycles. The van der Waals surface area contributed by atoms with Crippen molar-refractivity contribution in [3.8, 4) is 0 Å². The smallest absolute Gasteiger partial charge is 0.269 e. The van der Waals surface area contributed by atoms with Crippen molar-refractivity contribution in [3.05, 3.63) is 29.6 Å². The van der Waals surface area contributed by atoms with E-state index in [9.17, 15) is 4.79 Å². The molecular formula is C20H29N5O3. The van der Waals surface area contributed by atoms with E-state index in [1.807, 2.05) is 19.1 Å². The number of ether oxygens (including phenoxy) is 1. The monoisotopic (exact) mass is 387 g/mol. The molecule has 152 valence electrons. The van der Waals surface area contributed by atoms with Crippen molar-refractivity contribution in [1.82, 2.24) is 20.1 Å². The number of nitrogens with one attached hydrogen (secondary N) is 1. The molecule has 8 heteroatoms. The second kappa shape index (κ2) is 8.55. The summed E-state index contributed by atoms with van der Waals surface area (Å²) >= 11 is 0. The quantitative estimate of drug-likeness (QED) is 0.768. The summed E-state index contributed by atoms with van der Waals surface area (Å²) in [7, 11) is 0. The van der Waals surface area contributed by atoms with Crippen LogP contribution < -0.4 is 5.32 Å². The van der Waals surface area contributed by atoms with E-state index in [0.717, 1.165) is 70.3 Å². The summed E-state index contributed by atoms with van der Waals surface area (Å²) in [4.78, 5) is 27.4. The van der Waals surface area contributed by atoms with Crippen molar-refractivity contribution in [3.63, 3.8) is 0 Å². The second-order valence-electron chi connectivity index (χ2n) is 7.93. The SMILES string of the molecule is Cc1cccc(CN2CC[C@@]3(CC(C(=O)NCCN4CCOCC4)=NO3)C2)n1. The van der Waals surface area contributed by atoms with Crippen molar-refractivity contribution in [2.45, 2.75) is 31.9 Å². The van der Waals surface area contributed by atoms with Gasteiger partial charge in [0.15, 0.2) is 5.60 Å². The van der Waals surface area contributed by atoms with Crippen molar-refractivity contribution < 1.29 is 14.4 Å². The van der Waals surface area contributed by atoms with Crippen LogP contribution in [-0.2, 0) is 20.9 Å². The third kappa shape index (κ3) is 4.68. The van der Waals surface area contributed by atoms with Crippen molar-refractivity contribution in [2.24, 2.45) is 5.16 Å². The van der Waals surface area contributed by atoms with Gasteiger partial charge in [0, 0.05) is 64.3 Å². The molecule has 1 spiro atoms. The van der Waals surface area contributed by atoms with Crippen molar-refractivity contribution in [1.29, 1.82) is 0 Å². The van der Waals surface area contributed by atoms with Crippen LogP contribution in [0.2, 0.25) is 0 Å². The molecule has 0 unspecified atom stereocenters. The van der Waals surface area contributed by atoms with Crippen LogP contribution in [0.1, 0.15) is 24.2 Å². The highest BCUT2D eigenvalue weighted by Crippen LogP contribution is 2.34. The van der Waals surface area contributed by atoms with Gasteiger partial charge in [-0.1, -0.05) is 11.2 Å². The molecule has 28 heavy (non-hydrogen) atoms. The number of nitrogens with zero attached hydrogens (tertiary/aromatic N) is 4. The Morgan fingerprint density at radius 3 is 2.93 bits per heavy atom. The van der Waals surface area contributed by atoms with Gasteiger partial charge in [-0.15, -0.1) is 0 Å². The molecule has 2 fully saturated rings. The predicted molar refractivity (Wildman–Crippen MR) is 105 cm³/mol. The van der Waals surface area contributed by atoms with Gasteiger partial charge in [0.2, 0.25) is 0 Å². The van der Waals surface area contributed by atoms with E-state index in [2.05, 4.69) is 31.3 Å². The van der Waals surface area contributed by atoms with E-state index in [-0.39, 0.29) is 11.5 Å². The maximum absolute atomic E-state index is 12.4. The van der Waals surface area contributed by atoms with Gasteiger partial charge < -0.3 is 14.9 Å². The summed E-state index contributed by atoms with van der Waals surface area (Å²) in [6.45, 7) is 9.36. The van der Waals surface area contributed by atoms with Gasteiger partial charge in [0.05, 0.1) is 18.9 Å². The number of hydrogen-bond acceptors (Lipinski definition) is 7. The average Bonchev–Trinajstić information content (AvgIpc) is 3.29. The van der Waals surface area contributed by atoms with Crippen LogP contribution in [0.3, 0.4) is 0 Å². The minimum absolute atomic E-state index is 0.107. The lowest BCUT2D eigenvalue weighted by atomic mass is 9.96. The molecule has 4 rings (SSSR count). The first kappa shape index (κ1) is 19.3. The number of likely N-dealkylation sites (tertiary alicyclic amines) is 1. The number of amides is 1. The minimum atomic E-state index is -0.360. The van der Waals surface area contributed by atoms with Crippen molar-refractivity contribution in [2.75, 3.05) is 52.5 Å². The number of morpholine rings is 1. The molecule has 0 bridgehead atoms. The Balaban J connectivity index is 1.22. The topological polar surface area (TPSA) is 79.3 Å². The highest BCUT2D eigenvalue weighted by atomic mass is 16.7. The Morgan fingerprint density at radius 2 is 2.11 bits per heavy atom. The van der Waals surface area contributed by atoms with E-state index >= 15 is 0 Å². The highest BCUT2D eigenvalue weighted by Gasteiger charge is 2.46. The number of pyridine rings is 1. The molecule has 1 amide bonds. The maximum atomic E-state index is 12.4. The first-order chi connectivity index (χ1) is 13.6. The first-order valence-corrected chi connectivity index (χ1v) is 10.1. The Bertz CT molecular complexity index is 734. The van der Waals surface area contributed by atoms with Crippen LogP contribution in [0.5, 0.6) is 0 Å². The molecule has 3 aliphatic rings. The molecule has 4 heterocycles. The van der Waals surface area contributed by atoms with Gasteiger partial charge in [-0.2, -0.15) is 0 Å². The summed E-state index contributed by atoms with van der Waals surface area (Å²) in [5, 5.41) is 7.10. The first-order valence-electron chi connectivity index (χ1n) is 10.1. The number of hydrogen-bond donors (Lipinski definition) is 1. The fourth-order valence-corrected chi connectivity index (χ4v) is 4.10. The number of carbonyl (C=O) groups excluding carboxylic acids is 1. The number of rotatable bonds is 6. The molecule has 8 nitrogen and oxygen atoms in total. The van der Waals surface area contributed by atoms with Crippen LogP contribution in [0, 0.1) is 6.92 Å². The highest BCUT2D eigenvalue weighted by molar-refractivity contribution is 6.39. The Kier molecular flexibility index (Phi) is 5.89. The maximum Gasteiger partial charge on any atom is 0.269 e. The number of aromatic nitrogens is 1. The van der Waals surface area contributed by atoms with Crippen LogP contribution in [0.4, 0.5) is 0 Å². The van der Waals surface area contributed by atoms with E-state index in [1.165, 1.54) is 0 Å². The van der Waals surface area contributed by atoms with Crippen molar-refractivity contribution >= 4 is 11.6 Å². The fraction of sp³-hybridized carbons (Fsp3) is 0.650. The van der Waals surface area contributed by atoms with Crippen LogP contribution in [0.25, 0.3) is 0 Å². The molecular weight excluding hydrogens is 358 g/mol. The Labute approximate surface area is 165 Å². The van der Waals surface area contributed by atoms with E-state index in [1.54, 1.807) is 0 Å². The Morgan fingerprint density at radius 1 is 1.25 bits per heavy atom. The van der Waals surface area contributed by atoms with E-state index in [4.69, 9.17) is 9.57 Å². The molecule has 1 aromatic heterocycles. The summed E-state index contributed by atoms with van der Waals surface area (Å²) in [6, 6.07) is 6.10. The summed E-state index contributed by atoms with van der Waals surface area (Å²) in [5.74, 6) is -0.107. The number of aryl methyl sites for hydroxylation is 1. The standard InChI is InChI=1S/C20H29N5O3/c1-16-3-2-4-17(22-16)14-25-7-5-20(15-25)13-18(23-28-20)19(26)21-6-8-24-9-11-27-12-10-24/h2-4H,5-15H2,1H3,(H,21,26)/t20-/m1/s1. The normalized spacial score (nSPS) is 25.7. The lowest BCUT2D eigenvalue weighted by Crippen LogP contribution is -2.43. The zero-order chi connectivity index (χ0) is 19.4. The third-order valence-electron chi connectivity index (χ3n) is 5.65. The average molecular weight is 387 g/mol. The molecule has 0 saturated carbocycles. The summed E-state index contributed by atoms with van der Waals surface area (Å²) < 4.78 is 5.34. The lowest BCUT2D eigenvalue weighted by molar-refractivity contribution is -0.115. The predicted octanol–water partition coefficient (Wildman–Crippen LogP) is 0.559. The molecule has 0 aromatic carbocycles. The van der Waals surface area contributed by atoms with Crippen LogP contribution in [0.15, 0.2) is 23.4 Å². The molecule has 1 aromatic rings. The van der Waals surface area contributed by atoms with Crippen LogP contribution in [-0.4, -0.2) is 84.5 Å². The molecule has 0 radical (unpaired) electrons. The van der Waals surface area contributed by atoms with Gasteiger partial charge >= 0.3 is 0 Å². The lowest BCUT2D eigenvalue weighted by Gasteiger charge is -2.26. The van der Waals surface area contributed by atoms with Gasteiger partial charge in [-0.25, -0.2) is 0 Å². The van der Waals surface area contributed by atoms with Gasteiger partial charge in [-0.3, -0.25) is 19.6 Å². The largest absolute Gasteiger partial charge is 0.387 e. The zero-order valence-corrected chi connectivity index (χ0v) is 16.5. The summed E-state index contributed by atoms with van der Waals surface area (Å²) in [5.41, 5.74) is 2.25. The third-order valence-corrected chi connectivity index (χ3v) is 5.65. The Hall–Kier alpha value is -2.03. The second-order valence-corrected chi connectivity index (χ2v) is 7.93. The molecule has 0 aliphatic carbocycles. The molecule has 1 atom stereocenters. The van der Waals surface area contributed by atoms with E-state index in [0.29, 0.717) is 18.7 Å². The zero-order valence-electron chi connectivity index (χ0n) is 16.5. The number of carbonyl (C=O) groups is 1.